The van der Waals surface area contributed by atoms with Crippen molar-refractivity contribution in [1.82, 2.24) is 15.5 Å². The minimum atomic E-state index is 0.518. The van der Waals surface area contributed by atoms with Crippen LogP contribution in [-0.4, -0.2) is 22.8 Å². The van der Waals surface area contributed by atoms with Crippen LogP contribution in [0.15, 0.2) is 33.2 Å². The monoisotopic (exact) mass is 337 g/mol. The number of benzene rings is 1. The Bertz CT molecular complexity index is 539. The van der Waals surface area contributed by atoms with Gasteiger partial charge in [-0.3, -0.25) is 0 Å². The first-order chi connectivity index (χ1) is 9.63. The normalized spacial score (nSPS) is 11.2. The number of aryl methyl sites for hydroxylation is 1. The smallest absolute Gasteiger partial charge is 0.220 e. The number of rotatable bonds is 7. The van der Waals surface area contributed by atoms with Gasteiger partial charge in [-0.1, -0.05) is 41.9 Å². The summed E-state index contributed by atoms with van der Waals surface area (Å²) in [6, 6.07) is 8.65. The molecule has 0 spiro atoms. The summed E-state index contributed by atoms with van der Waals surface area (Å²) < 4.78 is 6.73. The summed E-state index contributed by atoms with van der Waals surface area (Å²) in [6.45, 7) is 5.26. The molecule has 0 bridgehead atoms. The molecule has 1 aromatic heterocycles. The van der Waals surface area contributed by atoms with Crippen molar-refractivity contribution in [2.24, 2.45) is 0 Å². The summed E-state index contributed by atoms with van der Waals surface area (Å²) >= 11 is 3.46. The minimum absolute atomic E-state index is 0.518. The van der Waals surface area contributed by atoms with E-state index in [-0.39, 0.29) is 0 Å². The summed E-state index contributed by atoms with van der Waals surface area (Å²) in [7, 11) is 0. The van der Waals surface area contributed by atoms with Crippen LogP contribution in [0.25, 0.3) is 0 Å². The summed E-state index contributed by atoms with van der Waals surface area (Å²) in [4.78, 5) is 0. The summed E-state index contributed by atoms with van der Waals surface area (Å²) in [6.07, 6.45) is 2.51. The molecule has 0 radical (unpaired) electrons. The fourth-order valence-corrected chi connectivity index (χ4v) is 2.36. The molecule has 108 valence electrons. The molecule has 1 heterocycles. The Morgan fingerprint density at radius 1 is 1.25 bits per heavy atom. The third kappa shape index (κ3) is 5.06. The third-order valence-electron chi connectivity index (χ3n) is 2.87. The highest BCUT2D eigenvalue weighted by atomic mass is 79.9. The Hall–Kier alpha value is -1.20. The van der Waals surface area contributed by atoms with E-state index >= 15 is 0 Å². The molecule has 0 atom stereocenters. The highest BCUT2D eigenvalue weighted by Crippen LogP contribution is 2.15. The van der Waals surface area contributed by atoms with Crippen LogP contribution in [0.1, 0.15) is 37.6 Å². The Morgan fingerprint density at radius 2 is 2.05 bits per heavy atom. The maximum atomic E-state index is 5.67. The lowest BCUT2D eigenvalue weighted by Gasteiger charge is -2.05. The third-order valence-corrected chi connectivity index (χ3v) is 3.37. The first-order valence-electron chi connectivity index (χ1n) is 6.92. The van der Waals surface area contributed by atoms with E-state index in [1.807, 2.05) is 12.1 Å². The van der Waals surface area contributed by atoms with Crippen molar-refractivity contribution < 1.29 is 4.42 Å². The van der Waals surface area contributed by atoms with Gasteiger partial charge in [0.25, 0.3) is 0 Å². The molecule has 0 fully saturated rings. The van der Waals surface area contributed by atoms with Crippen LogP contribution in [0.4, 0.5) is 0 Å². The predicted octanol–water partition coefficient (Wildman–Crippen LogP) is 3.35. The van der Waals surface area contributed by atoms with Gasteiger partial charge < -0.3 is 9.73 Å². The number of nitrogens with one attached hydrogen (secondary N) is 1. The molecule has 0 unspecified atom stereocenters. The fourth-order valence-electron chi connectivity index (χ4n) is 1.91. The maximum Gasteiger partial charge on any atom is 0.220 e. The Balaban J connectivity index is 1.83. The Kier molecular flexibility index (Phi) is 5.73. The van der Waals surface area contributed by atoms with E-state index in [1.54, 1.807) is 0 Å². The molecule has 20 heavy (non-hydrogen) atoms. The van der Waals surface area contributed by atoms with Gasteiger partial charge in [-0.05, 0) is 30.7 Å². The van der Waals surface area contributed by atoms with Crippen LogP contribution in [0.2, 0.25) is 0 Å². The lowest BCUT2D eigenvalue weighted by atomic mass is 10.1. The van der Waals surface area contributed by atoms with Crippen LogP contribution in [0.3, 0.4) is 0 Å². The lowest BCUT2D eigenvalue weighted by Crippen LogP contribution is -2.23. The molecule has 1 N–H and O–H groups in total. The van der Waals surface area contributed by atoms with Crippen molar-refractivity contribution >= 4 is 15.9 Å². The molecule has 0 amide bonds. The van der Waals surface area contributed by atoms with Crippen molar-refractivity contribution in [2.45, 2.75) is 39.2 Å². The molecule has 0 saturated carbocycles. The van der Waals surface area contributed by atoms with Gasteiger partial charge >= 0.3 is 0 Å². The summed E-state index contributed by atoms with van der Waals surface area (Å²) in [5.74, 6) is 1.40. The van der Waals surface area contributed by atoms with Crippen LogP contribution >= 0.6 is 15.9 Å². The van der Waals surface area contributed by atoms with E-state index < -0.39 is 0 Å². The van der Waals surface area contributed by atoms with Gasteiger partial charge in [-0.25, -0.2) is 0 Å². The molecule has 1 aromatic carbocycles. The van der Waals surface area contributed by atoms with Crippen molar-refractivity contribution in [2.75, 3.05) is 6.54 Å². The zero-order valence-electron chi connectivity index (χ0n) is 11.9. The molecule has 0 saturated heterocycles. The number of hydrogen-bond donors (Lipinski definition) is 1. The predicted molar refractivity (Wildman–Crippen MR) is 82.7 cm³/mol. The molecule has 2 rings (SSSR count). The van der Waals surface area contributed by atoms with Gasteiger partial charge in [0, 0.05) is 16.9 Å². The fraction of sp³-hybridized carbons (Fsp3) is 0.467. The largest absolute Gasteiger partial charge is 0.425 e. The zero-order chi connectivity index (χ0) is 14.4. The minimum Gasteiger partial charge on any atom is -0.425 e. The molecule has 4 nitrogen and oxygen atoms in total. The van der Waals surface area contributed by atoms with Gasteiger partial charge in [0.15, 0.2) is 0 Å². The first-order valence-corrected chi connectivity index (χ1v) is 7.72. The molecule has 0 aliphatic heterocycles. The summed E-state index contributed by atoms with van der Waals surface area (Å²) in [5, 5.41) is 11.6. The van der Waals surface area contributed by atoms with E-state index in [1.165, 1.54) is 0 Å². The average molecular weight is 338 g/mol. The second kappa shape index (κ2) is 7.55. The topological polar surface area (TPSA) is 51.0 Å². The molecular formula is C15H20BrN3O. The van der Waals surface area contributed by atoms with Gasteiger partial charge in [0.1, 0.15) is 0 Å². The van der Waals surface area contributed by atoms with Crippen molar-refractivity contribution in [1.29, 1.82) is 0 Å². The molecule has 2 aromatic rings. The van der Waals surface area contributed by atoms with Crippen LogP contribution in [0, 0.1) is 0 Å². The first kappa shape index (κ1) is 15.2. The SMILES string of the molecule is CC(C)NCCCc1nnc(Cc2cccc(Br)c2)o1. The van der Waals surface area contributed by atoms with E-state index in [0.717, 1.165) is 35.3 Å². The van der Waals surface area contributed by atoms with Crippen LogP contribution < -0.4 is 5.32 Å². The van der Waals surface area contributed by atoms with Gasteiger partial charge in [0.2, 0.25) is 11.8 Å². The van der Waals surface area contributed by atoms with Crippen molar-refractivity contribution in [3.05, 3.63) is 46.1 Å². The van der Waals surface area contributed by atoms with E-state index in [2.05, 4.69) is 57.4 Å². The van der Waals surface area contributed by atoms with Crippen LogP contribution in [-0.2, 0) is 12.8 Å². The van der Waals surface area contributed by atoms with E-state index in [0.29, 0.717) is 18.4 Å². The van der Waals surface area contributed by atoms with Crippen molar-refractivity contribution in [3.63, 3.8) is 0 Å². The van der Waals surface area contributed by atoms with Crippen molar-refractivity contribution in [3.8, 4) is 0 Å². The number of hydrogen-bond acceptors (Lipinski definition) is 4. The van der Waals surface area contributed by atoms with Gasteiger partial charge in [-0.2, -0.15) is 0 Å². The van der Waals surface area contributed by atoms with Gasteiger partial charge in [-0.15, -0.1) is 10.2 Å². The highest BCUT2D eigenvalue weighted by molar-refractivity contribution is 9.10. The second-order valence-electron chi connectivity index (χ2n) is 5.11. The van der Waals surface area contributed by atoms with Crippen LogP contribution in [0.5, 0.6) is 0 Å². The van der Waals surface area contributed by atoms with E-state index in [9.17, 15) is 0 Å². The molecule has 0 aliphatic rings. The Morgan fingerprint density at radius 3 is 2.80 bits per heavy atom. The highest BCUT2D eigenvalue weighted by Gasteiger charge is 2.07. The lowest BCUT2D eigenvalue weighted by molar-refractivity contribution is 0.446. The molecule has 0 aliphatic carbocycles. The molecular weight excluding hydrogens is 318 g/mol. The summed E-state index contributed by atoms with van der Waals surface area (Å²) in [5.41, 5.74) is 1.16. The number of nitrogens with zero attached hydrogens (tertiary/aromatic N) is 2. The average Bonchev–Trinajstić information content (AvgIpc) is 2.82. The maximum absolute atomic E-state index is 5.67. The number of halogens is 1. The molecule has 5 heteroatoms. The Labute approximate surface area is 128 Å². The van der Waals surface area contributed by atoms with E-state index in [4.69, 9.17) is 4.42 Å². The standard InChI is InChI=1S/C15H20BrN3O/c1-11(2)17-8-4-7-14-18-19-15(20-14)10-12-5-3-6-13(16)9-12/h3,5-6,9,11,17H,4,7-8,10H2,1-2H3. The zero-order valence-corrected chi connectivity index (χ0v) is 13.5. The second-order valence-corrected chi connectivity index (χ2v) is 6.02. The quantitative estimate of drug-likeness (QED) is 0.787. The number of aromatic nitrogens is 2. The van der Waals surface area contributed by atoms with Gasteiger partial charge in [0.05, 0.1) is 6.42 Å².